The summed E-state index contributed by atoms with van der Waals surface area (Å²) in [7, 11) is 0. The van der Waals surface area contributed by atoms with E-state index >= 15 is 0 Å². The van der Waals surface area contributed by atoms with E-state index in [1.165, 1.54) is 0 Å². The number of ether oxygens (including phenoxy) is 1. The van der Waals surface area contributed by atoms with Crippen molar-refractivity contribution in [1.82, 2.24) is 0 Å². The first-order valence-corrected chi connectivity index (χ1v) is 5.47. The van der Waals surface area contributed by atoms with Crippen LogP contribution >= 0.6 is 12.4 Å². The van der Waals surface area contributed by atoms with Crippen molar-refractivity contribution in [2.45, 2.75) is 26.3 Å². The Balaban J connectivity index is 0.00000256. The molecule has 0 saturated heterocycles. The van der Waals surface area contributed by atoms with Crippen molar-refractivity contribution in [3.63, 3.8) is 0 Å². The maximum atomic E-state index is 11.6. The van der Waals surface area contributed by atoms with Crippen molar-refractivity contribution in [2.24, 2.45) is 5.73 Å². The molecule has 1 aromatic carbocycles. The number of carbonyl (C=O) groups excluding carboxylic acids is 1. The molecule has 0 fully saturated rings. The van der Waals surface area contributed by atoms with Gasteiger partial charge in [0.05, 0.1) is 18.3 Å². The Morgan fingerprint density at radius 1 is 1.41 bits per heavy atom. The second kappa shape index (κ2) is 7.92. The SMILES string of the molecule is CCOc1ccccc1NC(=O)[C@@H](N)CC.Cl. The summed E-state index contributed by atoms with van der Waals surface area (Å²) in [4.78, 5) is 11.6. The molecule has 3 N–H and O–H groups in total. The summed E-state index contributed by atoms with van der Waals surface area (Å²) in [6, 6.07) is 6.84. The van der Waals surface area contributed by atoms with E-state index in [-0.39, 0.29) is 18.3 Å². The Bertz CT molecular complexity index is 358. The second-order valence-electron chi connectivity index (χ2n) is 3.43. The highest BCUT2D eigenvalue weighted by Crippen LogP contribution is 2.23. The third-order valence-corrected chi connectivity index (χ3v) is 2.22. The van der Waals surface area contributed by atoms with Gasteiger partial charge in [-0.05, 0) is 25.5 Å². The predicted octanol–water partition coefficient (Wildman–Crippen LogP) is 2.18. The fraction of sp³-hybridized carbons (Fsp3) is 0.417. The molecule has 0 aliphatic rings. The Hall–Kier alpha value is -1.26. The van der Waals surface area contributed by atoms with Gasteiger partial charge in [-0.25, -0.2) is 0 Å². The van der Waals surface area contributed by atoms with Crippen molar-refractivity contribution in [3.05, 3.63) is 24.3 Å². The highest BCUT2D eigenvalue weighted by atomic mass is 35.5. The molecule has 4 nitrogen and oxygen atoms in total. The van der Waals surface area contributed by atoms with E-state index in [2.05, 4.69) is 5.32 Å². The Morgan fingerprint density at radius 3 is 2.65 bits per heavy atom. The van der Waals surface area contributed by atoms with Gasteiger partial charge in [-0.15, -0.1) is 12.4 Å². The topological polar surface area (TPSA) is 64.3 Å². The van der Waals surface area contributed by atoms with E-state index in [9.17, 15) is 4.79 Å². The Morgan fingerprint density at radius 2 is 2.06 bits per heavy atom. The zero-order valence-corrected chi connectivity index (χ0v) is 10.9. The summed E-state index contributed by atoms with van der Waals surface area (Å²) in [5.41, 5.74) is 6.30. The van der Waals surface area contributed by atoms with Gasteiger partial charge in [-0.2, -0.15) is 0 Å². The van der Waals surface area contributed by atoms with Crippen LogP contribution in [0.1, 0.15) is 20.3 Å². The summed E-state index contributed by atoms with van der Waals surface area (Å²) in [5.74, 6) is 0.483. The maximum Gasteiger partial charge on any atom is 0.241 e. The number of amides is 1. The number of nitrogens with one attached hydrogen (secondary N) is 1. The molecule has 0 radical (unpaired) electrons. The van der Waals surface area contributed by atoms with E-state index in [1.807, 2.05) is 32.0 Å². The molecule has 0 aromatic heterocycles. The lowest BCUT2D eigenvalue weighted by Gasteiger charge is -2.13. The minimum absolute atomic E-state index is 0. The Labute approximate surface area is 108 Å². The third-order valence-electron chi connectivity index (χ3n) is 2.22. The van der Waals surface area contributed by atoms with E-state index in [0.29, 0.717) is 24.5 Å². The lowest BCUT2D eigenvalue weighted by atomic mass is 10.2. The molecule has 0 heterocycles. The minimum atomic E-state index is -0.477. The largest absolute Gasteiger partial charge is 0.492 e. The first-order chi connectivity index (χ1) is 7.69. The van der Waals surface area contributed by atoms with Gasteiger partial charge < -0.3 is 15.8 Å². The molecule has 0 aliphatic carbocycles. The van der Waals surface area contributed by atoms with E-state index in [4.69, 9.17) is 10.5 Å². The summed E-state index contributed by atoms with van der Waals surface area (Å²) in [5, 5.41) is 2.76. The maximum absolute atomic E-state index is 11.6. The van der Waals surface area contributed by atoms with Crippen molar-refractivity contribution >= 4 is 24.0 Å². The van der Waals surface area contributed by atoms with Crippen molar-refractivity contribution in [1.29, 1.82) is 0 Å². The fourth-order valence-electron chi connectivity index (χ4n) is 1.26. The summed E-state index contributed by atoms with van der Waals surface area (Å²) < 4.78 is 5.40. The molecular weight excluding hydrogens is 240 g/mol. The van der Waals surface area contributed by atoms with E-state index < -0.39 is 6.04 Å². The van der Waals surface area contributed by atoms with Gasteiger partial charge in [0.25, 0.3) is 0 Å². The van der Waals surface area contributed by atoms with Crippen molar-refractivity contribution < 1.29 is 9.53 Å². The standard InChI is InChI=1S/C12H18N2O2.ClH/c1-3-9(13)12(15)14-10-7-5-6-8-11(10)16-4-2;/h5-9H,3-4,13H2,1-2H3,(H,14,15);1H/t9-;/m0./s1. The van der Waals surface area contributed by atoms with Gasteiger partial charge in [0.15, 0.2) is 0 Å². The lowest BCUT2D eigenvalue weighted by Crippen LogP contribution is -2.34. The van der Waals surface area contributed by atoms with Gasteiger partial charge in [-0.3, -0.25) is 4.79 Å². The zero-order valence-electron chi connectivity index (χ0n) is 10.1. The minimum Gasteiger partial charge on any atom is -0.492 e. The number of nitrogens with two attached hydrogens (primary N) is 1. The van der Waals surface area contributed by atoms with Crippen LogP contribution in [0.4, 0.5) is 5.69 Å². The van der Waals surface area contributed by atoms with Crippen molar-refractivity contribution in [2.75, 3.05) is 11.9 Å². The van der Waals surface area contributed by atoms with Gasteiger partial charge in [0.1, 0.15) is 5.75 Å². The molecule has 5 heteroatoms. The molecule has 0 aliphatic heterocycles. The van der Waals surface area contributed by atoms with Crippen LogP contribution in [0.2, 0.25) is 0 Å². The number of halogens is 1. The molecular formula is C12H19ClN2O2. The Kier molecular flexibility index (Phi) is 7.34. The number of rotatable bonds is 5. The lowest BCUT2D eigenvalue weighted by molar-refractivity contribution is -0.117. The highest BCUT2D eigenvalue weighted by molar-refractivity contribution is 5.95. The van der Waals surface area contributed by atoms with Crippen LogP contribution in [0.15, 0.2) is 24.3 Å². The van der Waals surface area contributed by atoms with Crippen LogP contribution in [-0.4, -0.2) is 18.6 Å². The van der Waals surface area contributed by atoms with Gasteiger partial charge in [0, 0.05) is 0 Å². The molecule has 1 amide bonds. The summed E-state index contributed by atoms with van der Waals surface area (Å²) in [6.45, 7) is 4.34. The van der Waals surface area contributed by atoms with Crippen LogP contribution in [0.25, 0.3) is 0 Å². The fourth-order valence-corrected chi connectivity index (χ4v) is 1.26. The predicted molar refractivity (Wildman–Crippen MR) is 71.8 cm³/mol. The average molecular weight is 259 g/mol. The van der Waals surface area contributed by atoms with Crippen LogP contribution in [0.3, 0.4) is 0 Å². The summed E-state index contributed by atoms with van der Waals surface area (Å²) in [6.07, 6.45) is 0.614. The number of hydrogen-bond donors (Lipinski definition) is 2. The normalized spacial score (nSPS) is 11.2. The van der Waals surface area contributed by atoms with Crippen LogP contribution in [-0.2, 0) is 4.79 Å². The summed E-state index contributed by atoms with van der Waals surface area (Å²) >= 11 is 0. The number of anilines is 1. The van der Waals surface area contributed by atoms with Crippen LogP contribution in [0.5, 0.6) is 5.75 Å². The van der Waals surface area contributed by atoms with Crippen LogP contribution < -0.4 is 15.8 Å². The van der Waals surface area contributed by atoms with Crippen LogP contribution in [0, 0.1) is 0 Å². The monoisotopic (exact) mass is 258 g/mol. The average Bonchev–Trinajstić information content (AvgIpc) is 2.31. The van der Waals surface area contributed by atoms with Gasteiger partial charge in [0.2, 0.25) is 5.91 Å². The molecule has 17 heavy (non-hydrogen) atoms. The first-order valence-electron chi connectivity index (χ1n) is 5.47. The number of hydrogen-bond acceptors (Lipinski definition) is 3. The quantitative estimate of drug-likeness (QED) is 0.851. The smallest absolute Gasteiger partial charge is 0.241 e. The molecule has 1 atom stereocenters. The first kappa shape index (κ1) is 15.7. The number of benzene rings is 1. The number of para-hydroxylation sites is 2. The highest BCUT2D eigenvalue weighted by Gasteiger charge is 2.12. The van der Waals surface area contributed by atoms with Gasteiger partial charge in [-0.1, -0.05) is 19.1 Å². The number of carbonyl (C=O) groups is 1. The molecule has 0 bridgehead atoms. The van der Waals surface area contributed by atoms with Crippen molar-refractivity contribution in [3.8, 4) is 5.75 Å². The molecule has 0 spiro atoms. The molecule has 1 aromatic rings. The molecule has 0 unspecified atom stereocenters. The molecule has 1 rings (SSSR count). The van der Waals surface area contributed by atoms with Gasteiger partial charge >= 0.3 is 0 Å². The molecule has 96 valence electrons. The van der Waals surface area contributed by atoms with E-state index in [1.54, 1.807) is 6.07 Å². The second-order valence-corrected chi connectivity index (χ2v) is 3.43. The zero-order chi connectivity index (χ0) is 12.0. The van der Waals surface area contributed by atoms with E-state index in [0.717, 1.165) is 0 Å². The molecule has 0 saturated carbocycles. The third kappa shape index (κ3) is 4.63.